The maximum absolute atomic E-state index is 14.6. The first-order valence-electron chi connectivity index (χ1n) is 11.5. The zero-order valence-corrected chi connectivity index (χ0v) is 23.2. The summed E-state index contributed by atoms with van der Waals surface area (Å²) in [6, 6.07) is 19.1. The van der Waals surface area contributed by atoms with Gasteiger partial charge in [-0.15, -0.1) is 0 Å². The second-order valence-corrected chi connectivity index (χ2v) is 11.4. The number of rotatable bonds is 10. The lowest BCUT2D eigenvalue weighted by molar-refractivity contribution is -0.139. The van der Waals surface area contributed by atoms with E-state index in [0.717, 1.165) is 26.2 Å². The Hall–Kier alpha value is -3.24. The van der Waals surface area contributed by atoms with E-state index in [1.807, 2.05) is 37.3 Å². The summed E-state index contributed by atoms with van der Waals surface area (Å²) in [4.78, 5) is 28.1. The van der Waals surface area contributed by atoms with E-state index < -0.39 is 40.2 Å². The second-order valence-electron chi connectivity index (χ2n) is 8.64. The Bertz CT molecular complexity index is 1370. The normalized spacial score (nSPS) is 12.0. The summed E-state index contributed by atoms with van der Waals surface area (Å²) in [5, 5.41) is 2.59. The van der Waals surface area contributed by atoms with Gasteiger partial charge >= 0.3 is 0 Å². The first-order chi connectivity index (χ1) is 17.5. The summed E-state index contributed by atoms with van der Waals surface area (Å²) < 4.78 is 41.9. The highest BCUT2D eigenvalue weighted by atomic mass is 79.9. The number of nitrogens with zero attached hydrogens (tertiary/aromatic N) is 2. The van der Waals surface area contributed by atoms with E-state index in [4.69, 9.17) is 0 Å². The van der Waals surface area contributed by atoms with Crippen molar-refractivity contribution in [2.75, 3.05) is 24.2 Å². The highest BCUT2D eigenvalue weighted by molar-refractivity contribution is 9.10. The number of anilines is 1. The molecule has 0 saturated carbocycles. The number of hydrogen-bond donors (Lipinski definition) is 1. The van der Waals surface area contributed by atoms with E-state index in [9.17, 15) is 22.4 Å². The Morgan fingerprint density at radius 2 is 1.68 bits per heavy atom. The first kappa shape index (κ1) is 28.3. The van der Waals surface area contributed by atoms with Gasteiger partial charge in [0.05, 0.1) is 11.9 Å². The van der Waals surface area contributed by atoms with Gasteiger partial charge in [-0.1, -0.05) is 64.5 Å². The molecule has 3 aromatic carbocycles. The van der Waals surface area contributed by atoms with Gasteiger partial charge in [-0.2, -0.15) is 0 Å². The fourth-order valence-electron chi connectivity index (χ4n) is 3.93. The molecule has 0 aliphatic rings. The smallest absolute Gasteiger partial charge is 0.244 e. The molecular weight excluding hydrogens is 561 g/mol. The molecule has 1 unspecified atom stereocenters. The number of benzene rings is 3. The number of carbonyl (C=O) groups is 2. The molecule has 0 heterocycles. The van der Waals surface area contributed by atoms with Crippen LogP contribution in [0.25, 0.3) is 0 Å². The van der Waals surface area contributed by atoms with Gasteiger partial charge in [0.15, 0.2) is 0 Å². The average molecular weight is 591 g/mol. The number of likely N-dealkylation sites (N-methyl/N-ethyl adjacent to an activating group) is 1. The fourth-order valence-corrected chi connectivity index (χ4v) is 5.02. The number of hydrogen-bond acceptors (Lipinski definition) is 4. The highest BCUT2D eigenvalue weighted by Crippen LogP contribution is 2.25. The van der Waals surface area contributed by atoms with Gasteiger partial charge in [0.25, 0.3) is 0 Å². The summed E-state index contributed by atoms with van der Waals surface area (Å²) in [7, 11) is -2.41. The van der Waals surface area contributed by atoms with Gasteiger partial charge in [-0.25, -0.2) is 12.8 Å². The van der Waals surface area contributed by atoms with E-state index in [0.29, 0.717) is 5.69 Å². The van der Waals surface area contributed by atoms with E-state index in [-0.39, 0.29) is 18.5 Å². The molecule has 0 aliphatic heterocycles. The Kier molecular flexibility index (Phi) is 9.45. The van der Waals surface area contributed by atoms with Gasteiger partial charge in [0, 0.05) is 30.0 Å². The predicted octanol–water partition coefficient (Wildman–Crippen LogP) is 4.05. The third-order valence-corrected chi connectivity index (χ3v) is 7.96. The lowest BCUT2D eigenvalue weighted by atomic mass is 10.0. The fraction of sp³-hybridized carbons (Fsp3) is 0.259. The number of carbonyl (C=O) groups excluding carboxylic acids is 2. The molecule has 3 aromatic rings. The van der Waals surface area contributed by atoms with E-state index in [1.54, 1.807) is 24.3 Å². The molecule has 1 atom stereocenters. The Morgan fingerprint density at radius 3 is 2.27 bits per heavy atom. The minimum absolute atomic E-state index is 0.164. The van der Waals surface area contributed by atoms with Crippen LogP contribution in [0, 0.1) is 12.7 Å². The zero-order valence-electron chi connectivity index (χ0n) is 20.8. The predicted molar refractivity (Wildman–Crippen MR) is 146 cm³/mol. The largest absolute Gasteiger partial charge is 0.357 e. The van der Waals surface area contributed by atoms with Crippen LogP contribution in [0.3, 0.4) is 0 Å². The topological polar surface area (TPSA) is 86.8 Å². The second kappa shape index (κ2) is 12.3. The number of halogens is 2. The lowest BCUT2D eigenvalue weighted by Gasteiger charge is -2.33. The molecule has 0 saturated heterocycles. The maximum atomic E-state index is 14.6. The lowest BCUT2D eigenvalue weighted by Crippen LogP contribution is -2.53. The van der Waals surface area contributed by atoms with E-state index in [2.05, 4.69) is 21.2 Å². The molecule has 196 valence electrons. The van der Waals surface area contributed by atoms with Crippen molar-refractivity contribution in [3.63, 3.8) is 0 Å². The maximum Gasteiger partial charge on any atom is 0.244 e. The molecule has 2 amide bonds. The highest BCUT2D eigenvalue weighted by Gasteiger charge is 2.33. The van der Waals surface area contributed by atoms with Crippen LogP contribution in [0.2, 0.25) is 0 Å². The number of sulfonamides is 1. The van der Waals surface area contributed by atoms with Crippen LogP contribution in [0.1, 0.15) is 16.7 Å². The minimum Gasteiger partial charge on any atom is -0.357 e. The molecule has 7 nitrogen and oxygen atoms in total. The Balaban J connectivity index is 2.05. The molecular formula is C27H29BrFN3O4S. The van der Waals surface area contributed by atoms with Crippen molar-refractivity contribution in [3.8, 4) is 0 Å². The number of nitrogens with one attached hydrogen (secondary N) is 1. The molecule has 10 heteroatoms. The Labute approximate surface area is 225 Å². The third kappa shape index (κ3) is 7.39. The van der Waals surface area contributed by atoms with Gasteiger partial charge < -0.3 is 10.2 Å². The zero-order chi connectivity index (χ0) is 27.2. The number of aryl methyl sites for hydroxylation is 1. The van der Waals surface area contributed by atoms with Crippen molar-refractivity contribution in [1.29, 1.82) is 0 Å². The molecule has 0 fully saturated rings. The van der Waals surface area contributed by atoms with Crippen molar-refractivity contribution in [2.45, 2.75) is 25.9 Å². The average Bonchev–Trinajstić information content (AvgIpc) is 2.86. The van der Waals surface area contributed by atoms with Gasteiger partial charge in [-0.05, 0) is 42.3 Å². The standard InChI is InChI=1S/C27H29BrFN3O4S/c1-19-15-22(13-14-23(19)28)32(37(3,35)36)18-26(33)31(17-21-11-7-8-12-24(21)29)25(27(34)30-2)16-20-9-5-4-6-10-20/h4-15,25H,16-18H2,1-3H3,(H,30,34). The van der Waals surface area contributed by atoms with Crippen LogP contribution >= 0.6 is 15.9 Å². The van der Waals surface area contributed by atoms with Crippen LogP contribution < -0.4 is 9.62 Å². The molecule has 37 heavy (non-hydrogen) atoms. The molecule has 0 bridgehead atoms. The van der Waals surface area contributed by atoms with Crippen molar-refractivity contribution in [1.82, 2.24) is 10.2 Å². The molecule has 0 aromatic heterocycles. The van der Waals surface area contributed by atoms with Crippen LogP contribution in [0.5, 0.6) is 0 Å². The van der Waals surface area contributed by atoms with Crippen LogP contribution in [0.4, 0.5) is 10.1 Å². The molecule has 3 rings (SSSR count). The third-order valence-electron chi connectivity index (χ3n) is 5.92. The SMILES string of the molecule is CNC(=O)C(Cc1ccccc1)N(Cc1ccccc1F)C(=O)CN(c1ccc(Br)c(C)c1)S(C)(=O)=O. The first-order valence-corrected chi connectivity index (χ1v) is 14.2. The van der Waals surface area contributed by atoms with Gasteiger partial charge in [0.2, 0.25) is 21.8 Å². The molecule has 0 radical (unpaired) electrons. The van der Waals surface area contributed by atoms with E-state index >= 15 is 0 Å². The van der Waals surface area contributed by atoms with Crippen molar-refractivity contribution in [2.24, 2.45) is 0 Å². The summed E-state index contributed by atoms with van der Waals surface area (Å²) in [6.07, 6.45) is 1.18. The van der Waals surface area contributed by atoms with Crippen LogP contribution in [-0.4, -0.2) is 51.0 Å². The quantitative estimate of drug-likeness (QED) is 0.386. The minimum atomic E-state index is -3.87. The van der Waals surface area contributed by atoms with Crippen LogP contribution in [0.15, 0.2) is 77.3 Å². The van der Waals surface area contributed by atoms with Crippen LogP contribution in [-0.2, 0) is 32.6 Å². The summed E-state index contributed by atoms with van der Waals surface area (Å²) in [5.41, 5.74) is 2.10. The Morgan fingerprint density at radius 1 is 1.03 bits per heavy atom. The number of amides is 2. The summed E-state index contributed by atoms with van der Waals surface area (Å²) in [5.74, 6) is -1.61. The summed E-state index contributed by atoms with van der Waals surface area (Å²) >= 11 is 3.40. The van der Waals surface area contributed by atoms with Gasteiger partial charge in [-0.3, -0.25) is 13.9 Å². The van der Waals surface area contributed by atoms with Crippen molar-refractivity contribution in [3.05, 3.63) is 99.8 Å². The summed E-state index contributed by atoms with van der Waals surface area (Å²) in [6.45, 7) is 1.03. The van der Waals surface area contributed by atoms with E-state index in [1.165, 1.54) is 30.1 Å². The molecule has 1 N–H and O–H groups in total. The molecule has 0 aliphatic carbocycles. The molecule has 0 spiro atoms. The monoisotopic (exact) mass is 589 g/mol. The van der Waals surface area contributed by atoms with Gasteiger partial charge in [0.1, 0.15) is 18.4 Å². The van der Waals surface area contributed by atoms with Crippen molar-refractivity contribution >= 4 is 43.5 Å². The van der Waals surface area contributed by atoms with Crippen molar-refractivity contribution < 1.29 is 22.4 Å².